The summed E-state index contributed by atoms with van der Waals surface area (Å²) in [5, 5.41) is 3.33. The van der Waals surface area contributed by atoms with Crippen LogP contribution in [-0.4, -0.2) is 71.9 Å². The Kier molecular flexibility index (Phi) is 7.31. The fourth-order valence-corrected chi connectivity index (χ4v) is 4.95. The molecule has 0 radical (unpaired) electrons. The highest BCUT2D eigenvalue weighted by molar-refractivity contribution is 6.25. The fraction of sp³-hybridized carbons (Fsp3) is 0.462. The summed E-state index contributed by atoms with van der Waals surface area (Å²) in [5.74, 6) is -0.546. The van der Waals surface area contributed by atoms with Gasteiger partial charge in [0.1, 0.15) is 17.6 Å². The normalized spacial score (nSPS) is 18.9. The number of anilines is 1. The van der Waals surface area contributed by atoms with Crippen molar-refractivity contribution in [2.24, 2.45) is 10.7 Å². The Morgan fingerprint density at radius 2 is 2.00 bits per heavy atom. The van der Waals surface area contributed by atoms with E-state index in [4.69, 9.17) is 20.4 Å². The molecule has 1 amide bonds. The summed E-state index contributed by atoms with van der Waals surface area (Å²) in [4.78, 5) is 30.6. The first-order valence-electron chi connectivity index (χ1n) is 12.6. The molecule has 9 nitrogen and oxygen atoms in total. The van der Waals surface area contributed by atoms with Crippen LogP contribution in [0.25, 0.3) is 5.57 Å². The minimum Gasteiger partial charge on any atom is -0.487 e. The number of rotatable bonds is 5. The van der Waals surface area contributed by atoms with E-state index in [1.165, 1.54) is 18.3 Å². The van der Waals surface area contributed by atoms with Crippen LogP contribution in [0, 0.1) is 11.6 Å². The molecule has 0 unspecified atom stereocenters. The average molecular weight is 512 g/mol. The number of hydrogen-bond donors (Lipinski definition) is 2. The summed E-state index contributed by atoms with van der Waals surface area (Å²) in [6.45, 7) is 5.86. The molecule has 3 aliphatic rings. The summed E-state index contributed by atoms with van der Waals surface area (Å²) < 4.78 is 33.2. The number of amides is 1. The van der Waals surface area contributed by atoms with Gasteiger partial charge in [0, 0.05) is 76.7 Å². The van der Waals surface area contributed by atoms with Gasteiger partial charge in [-0.25, -0.2) is 18.7 Å². The number of fused-ring (bicyclic) bond motifs is 1. The zero-order valence-corrected chi connectivity index (χ0v) is 20.8. The first-order valence-corrected chi connectivity index (χ1v) is 12.6. The molecule has 1 aromatic carbocycles. The van der Waals surface area contributed by atoms with Gasteiger partial charge in [0.05, 0.1) is 30.2 Å². The third kappa shape index (κ3) is 5.41. The number of ether oxygens (including phenoxy) is 1. The predicted octanol–water partition coefficient (Wildman–Crippen LogP) is 2.05. The molecule has 0 aliphatic carbocycles. The lowest BCUT2D eigenvalue weighted by atomic mass is 10.0. The van der Waals surface area contributed by atoms with E-state index in [0.29, 0.717) is 64.2 Å². The molecule has 3 aliphatic heterocycles. The molecule has 5 rings (SSSR count). The van der Waals surface area contributed by atoms with Crippen LogP contribution in [-0.2, 0) is 17.8 Å². The van der Waals surface area contributed by atoms with E-state index in [0.717, 1.165) is 41.1 Å². The molecular formula is C26H31F2N7O2. The van der Waals surface area contributed by atoms with Crippen molar-refractivity contribution in [2.75, 3.05) is 44.2 Å². The van der Waals surface area contributed by atoms with Gasteiger partial charge in [0.2, 0.25) is 5.91 Å². The Morgan fingerprint density at radius 1 is 1.19 bits per heavy atom. The maximum atomic E-state index is 14.1. The van der Waals surface area contributed by atoms with Gasteiger partial charge in [0.15, 0.2) is 17.4 Å². The summed E-state index contributed by atoms with van der Waals surface area (Å²) in [7, 11) is 0. The molecule has 196 valence electrons. The first kappa shape index (κ1) is 25.1. The first-order chi connectivity index (χ1) is 17.9. The monoisotopic (exact) mass is 511 g/mol. The van der Waals surface area contributed by atoms with Crippen LogP contribution in [0.15, 0.2) is 29.4 Å². The van der Waals surface area contributed by atoms with Crippen LogP contribution >= 0.6 is 0 Å². The van der Waals surface area contributed by atoms with Crippen LogP contribution < -0.4 is 20.7 Å². The largest absolute Gasteiger partial charge is 0.487 e. The highest BCUT2D eigenvalue weighted by Crippen LogP contribution is 2.31. The molecule has 37 heavy (non-hydrogen) atoms. The Labute approximate surface area is 214 Å². The lowest BCUT2D eigenvalue weighted by Gasteiger charge is -2.35. The number of nitrogens with one attached hydrogen (secondary N) is 1. The van der Waals surface area contributed by atoms with E-state index in [2.05, 4.69) is 15.2 Å². The second-order valence-corrected chi connectivity index (χ2v) is 9.44. The molecular weight excluding hydrogens is 480 g/mol. The highest BCUT2D eigenvalue weighted by atomic mass is 19.1. The smallest absolute Gasteiger partial charge is 0.219 e. The fourth-order valence-electron chi connectivity index (χ4n) is 4.95. The third-order valence-electron chi connectivity index (χ3n) is 6.98. The maximum absolute atomic E-state index is 14.1. The van der Waals surface area contributed by atoms with Crippen molar-refractivity contribution in [1.29, 1.82) is 0 Å². The van der Waals surface area contributed by atoms with E-state index >= 15 is 0 Å². The van der Waals surface area contributed by atoms with Gasteiger partial charge in [-0.2, -0.15) is 0 Å². The lowest BCUT2D eigenvalue weighted by molar-refractivity contribution is -0.129. The number of piperidine rings is 1. The predicted molar refractivity (Wildman–Crippen MR) is 136 cm³/mol. The number of benzene rings is 1. The summed E-state index contributed by atoms with van der Waals surface area (Å²) in [5.41, 5.74) is 9.97. The van der Waals surface area contributed by atoms with Crippen molar-refractivity contribution in [3.63, 3.8) is 0 Å². The zero-order valence-electron chi connectivity index (χ0n) is 20.8. The van der Waals surface area contributed by atoms with Gasteiger partial charge < -0.3 is 25.6 Å². The van der Waals surface area contributed by atoms with Gasteiger partial charge in [-0.3, -0.25) is 9.79 Å². The van der Waals surface area contributed by atoms with E-state index in [-0.39, 0.29) is 17.8 Å². The van der Waals surface area contributed by atoms with Crippen LogP contribution in [0.3, 0.4) is 0 Å². The SMILES string of the molecule is CC(=O)N1CCc2nc(N3CCC(Oc4ccc(F)cc4F)CC3)c(/C(=C/N)C3=NCCNC3)nc2C1. The minimum atomic E-state index is -0.704. The van der Waals surface area contributed by atoms with Crippen LogP contribution in [0.4, 0.5) is 14.6 Å². The minimum absolute atomic E-state index is 0.00758. The number of hydrogen-bond acceptors (Lipinski definition) is 8. The van der Waals surface area contributed by atoms with Gasteiger partial charge >= 0.3 is 0 Å². The third-order valence-corrected chi connectivity index (χ3v) is 6.98. The number of carbonyl (C=O) groups excluding carboxylic acids is 1. The molecule has 0 saturated carbocycles. The Balaban J connectivity index is 1.41. The van der Waals surface area contributed by atoms with Crippen molar-refractivity contribution in [1.82, 2.24) is 20.2 Å². The average Bonchev–Trinajstić information content (AvgIpc) is 2.91. The van der Waals surface area contributed by atoms with Gasteiger partial charge in [-0.05, 0) is 12.1 Å². The molecule has 11 heteroatoms. The van der Waals surface area contributed by atoms with Crippen molar-refractivity contribution >= 4 is 23.0 Å². The molecule has 0 spiro atoms. The van der Waals surface area contributed by atoms with Gasteiger partial charge in [-0.15, -0.1) is 0 Å². The second-order valence-electron chi connectivity index (χ2n) is 9.44. The van der Waals surface area contributed by atoms with Crippen molar-refractivity contribution in [3.8, 4) is 5.75 Å². The quantitative estimate of drug-likeness (QED) is 0.633. The van der Waals surface area contributed by atoms with Gasteiger partial charge in [-0.1, -0.05) is 0 Å². The highest BCUT2D eigenvalue weighted by Gasteiger charge is 2.30. The molecule has 1 saturated heterocycles. The van der Waals surface area contributed by atoms with E-state index in [1.54, 1.807) is 11.8 Å². The number of halogens is 2. The topological polar surface area (TPSA) is 109 Å². The van der Waals surface area contributed by atoms with E-state index in [1.807, 2.05) is 0 Å². The summed E-state index contributed by atoms with van der Waals surface area (Å²) >= 11 is 0. The Hall–Kier alpha value is -3.60. The number of nitrogens with zero attached hydrogens (tertiary/aromatic N) is 5. The lowest BCUT2D eigenvalue weighted by Crippen LogP contribution is -2.41. The van der Waals surface area contributed by atoms with Crippen LogP contribution in [0.1, 0.15) is 36.8 Å². The Morgan fingerprint density at radius 3 is 2.68 bits per heavy atom. The summed E-state index contributed by atoms with van der Waals surface area (Å²) in [6.07, 6.45) is 3.23. The summed E-state index contributed by atoms with van der Waals surface area (Å²) in [6, 6.07) is 3.35. The molecule has 0 bridgehead atoms. The number of nitrogens with two attached hydrogens (primary N) is 1. The standard InChI is InChI=1S/C26H31F2N7O2/c1-16(36)35-11-6-21-23(15-35)32-25(19(13-29)22-14-30-7-8-31-22)26(33-21)34-9-4-18(5-10-34)37-24-3-2-17(27)12-20(24)28/h2-3,12-13,18,30H,4-11,14-15,29H2,1H3/b19-13+. The number of carbonyl (C=O) groups is 1. The second kappa shape index (κ2) is 10.8. The molecule has 1 fully saturated rings. The molecule has 3 N–H and O–H groups in total. The number of aromatic nitrogens is 2. The molecule has 1 aromatic heterocycles. The Bertz CT molecular complexity index is 1240. The van der Waals surface area contributed by atoms with Crippen LogP contribution in [0.5, 0.6) is 5.75 Å². The van der Waals surface area contributed by atoms with Crippen molar-refractivity contribution < 1.29 is 18.3 Å². The molecule has 2 aromatic rings. The van der Waals surface area contributed by atoms with E-state index < -0.39 is 11.6 Å². The zero-order chi connectivity index (χ0) is 25.9. The van der Waals surface area contributed by atoms with Gasteiger partial charge in [0.25, 0.3) is 0 Å². The van der Waals surface area contributed by atoms with Crippen molar-refractivity contribution in [3.05, 3.63) is 53.1 Å². The maximum Gasteiger partial charge on any atom is 0.219 e. The van der Waals surface area contributed by atoms with Crippen molar-refractivity contribution in [2.45, 2.75) is 38.8 Å². The molecule has 4 heterocycles. The van der Waals surface area contributed by atoms with Crippen LogP contribution in [0.2, 0.25) is 0 Å². The van der Waals surface area contributed by atoms with E-state index in [9.17, 15) is 13.6 Å². The number of aliphatic imine (C=N–C) groups is 1. The molecule has 0 atom stereocenters.